The van der Waals surface area contributed by atoms with Gasteiger partial charge in [0.1, 0.15) is 5.75 Å². The number of alkyl halides is 1. The molecule has 1 heterocycles. The molecule has 2 aromatic rings. The number of halogens is 1. The molecule has 16 heavy (non-hydrogen) atoms. The zero-order chi connectivity index (χ0) is 11.5. The molecule has 1 aromatic heterocycles. The molecule has 0 N–H and O–H groups in total. The van der Waals surface area contributed by atoms with Gasteiger partial charge in [-0.2, -0.15) is 0 Å². The second-order valence-electron chi connectivity index (χ2n) is 3.62. The quantitative estimate of drug-likeness (QED) is 0.755. The Kier molecular flexibility index (Phi) is 3.66. The molecule has 1 atom stereocenters. The highest BCUT2D eigenvalue weighted by atomic mass is 79.9. The molecule has 1 nitrogen and oxygen atoms in total. The smallest absolute Gasteiger partial charge is 0.123 e. The van der Waals surface area contributed by atoms with E-state index in [0.29, 0.717) is 0 Å². The first-order chi connectivity index (χ1) is 7.72. The Balaban J connectivity index is 2.42. The Hall–Kier alpha value is -0.800. The summed E-state index contributed by atoms with van der Waals surface area (Å²) in [6, 6.07) is 10.4. The van der Waals surface area contributed by atoms with Crippen LogP contribution in [0.3, 0.4) is 0 Å². The molecule has 0 saturated carbocycles. The highest BCUT2D eigenvalue weighted by Gasteiger charge is 2.15. The normalized spacial score (nSPS) is 12.4. The molecular formula is C13H13BrOS. The molecule has 0 aliphatic carbocycles. The highest BCUT2D eigenvalue weighted by molar-refractivity contribution is 9.09. The van der Waals surface area contributed by atoms with E-state index < -0.39 is 0 Å². The third-order valence-electron chi connectivity index (χ3n) is 2.45. The van der Waals surface area contributed by atoms with E-state index >= 15 is 0 Å². The lowest BCUT2D eigenvalue weighted by atomic mass is 10.1. The van der Waals surface area contributed by atoms with Crippen molar-refractivity contribution >= 4 is 27.3 Å². The van der Waals surface area contributed by atoms with E-state index in [1.165, 1.54) is 16.0 Å². The zero-order valence-electron chi connectivity index (χ0n) is 9.24. The van der Waals surface area contributed by atoms with Gasteiger partial charge in [0.25, 0.3) is 0 Å². The first kappa shape index (κ1) is 11.7. The van der Waals surface area contributed by atoms with Crippen LogP contribution in [-0.4, -0.2) is 7.11 Å². The van der Waals surface area contributed by atoms with Gasteiger partial charge in [-0.3, -0.25) is 0 Å². The maximum atomic E-state index is 5.39. The van der Waals surface area contributed by atoms with Crippen molar-refractivity contribution < 1.29 is 4.74 Å². The van der Waals surface area contributed by atoms with Crippen LogP contribution < -0.4 is 4.74 Å². The van der Waals surface area contributed by atoms with Gasteiger partial charge in [-0.05, 0) is 24.4 Å². The predicted octanol–water partition coefficient (Wildman–Crippen LogP) is 4.55. The van der Waals surface area contributed by atoms with Crippen LogP contribution in [0.15, 0.2) is 35.7 Å². The summed E-state index contributed by atoms with van der Waals surface area (Å²) in [5.41, 5.74) is 2.43. The molecule has 1 aromatic carbocycles. The standard InChI is InChI=1S/C13H13BrOS/c1-9-5-6-11(15-2)10(8-9)13(14)12-4-3-7-16-12/h3-8,13H,1-2H3. The Labute approximate surface area is 108 Å². The molecule has 0 radical (unpaired) electrons. The molecule has 0 amide bonds. The second-order valence-corrected chi connectivity index (χ2v) is 5.52. The molecule has 0 aliphatic rings. The summed E-state index contributed by atoms with van der Waals surface area (Å²) in [5.74, 6) is 0.931. The minimum absolute atomic E-state index is 0.211. The second kappa shape index (κ2) is 5.02. The highest BCUT2D eigenvalue weighted by Crippen LogP contribution is 2.38. The van der Waals surface area contributed by atoms with Crippen LogP contribution in [0.5, 0.6) is 5.75 Å². The van der Waals surface area contributed by atoms with Crippen molar-refractivity contribution in [3.05, 3.63) is 51.7 Å². The topological polar surface area (TPSA) is 9.23 Å². The number of aryl methyl sites for hydroxylation is 1. The largest absolute Gasteiger partial charge is 0.496 e. The van der Waals surface area contributed by atoms with Crippen molar-refractivity contribution in [3.63, 3.8) is 0 Å². The third kappa shape index (κ3) is 2.30. The first-order valence-corrected chi connectivity index (χ1v) is 6.84. The van der Waals surface area contributed by atoms with Crippen LogP contribution in [0, 0.1) is 6.92 Å². The average molecular weight is 297 g/mol. The number of rotatable bonds is 3. The van der Waals surface area contributed by atoms with E-state index in [1.54, 1.807) is 18.4 Å². The van der Waals surface area contributed by atoms with Gasteiger partial charge in [0.15, 0.2) is 0 Å². The van der Waals surface area contributed by atoms with Crippen molar-refractivity contribution in [2.45, 2.75) is 11.8 Å². The minimum atomic E-state index is 0.211. The minimum Gasteiger partial charge on any atom is -0.496 e. The van der Waals surface area contributed by atoms with Crippen LogP contribution in [0.2, 0.25) is 0 Å². The Morgan fingerprint density at radius 2 is 2.12 bits per heavy atom. The third-order valence-corrected chi connectivity index (χ3v) is 4.68. The molecule has 2 rings (SSSR count). The SMILES string of the molecule is COc1ccc(C)cc1C(Br)c1cccs1. The number of benzene rings is 1. The Bertz CT molecular complexity index is 465. The molecule has 0 saturated heterocycles. The fourth-order valence-electron chi connectivity index (χ4n) is 1.64. The van der Waals surface area contributed by atoms with Crippen LogP contribution in [0.25, 0.3) is 0 Å². The van der Waals surface area contributed by atoms with E-state index in [0.717, 1.165) is 5.75 Å². The van der Waals surface area contributed by atoms with Gasteiger partial charge in [-0.15, -0.1) is 11.3 Å². The summed E-state index contributed by atoms with van der Waals surface area (Å²) in [6.45, 7) is 2.09. The van der Waals surface area contributed by atoms with E-state index in [9.17, 15) is 0 Å². The number of hydrogen-bond donors (Lipinski definition) is 0. The van der Waals surface area contributed by atoms with Crippen LogP contribution in [-0.2, 0) is 0 Å². The van der Waals surface area contributed by atoms with E-state index in [1.807, 2.05) is 6.07 Å². The molecule has 84 valence electrons. The number of hydrogen-bond acceptors (Lipinski definition) is 2. The van der Waals surface area contributed by atoms with Gasteiger partial charge >= 0.3 is 0 Å². The predicted molar refractivity (Wildman–Crippen MR) is 72.8 cm³/mol. The fraction of sp³-hybridized carbons (Fsp3) is 0.231. The lowest BCUT2D eigenvalue weighted by Gasteiger charge is -2.13. The van der Waals surface area contributed by atoms with Crippen molar-refractivity contribution in [2.24, 2.45) is 0 Å². The van der Waals surface area contributed by atoms with E-state index in [-0.39, 0.29) is 4.83 Å². The van der Waals surface area contributed by atoms with Crippen molar-refractivity contribution in [1.82, 2.24) is 0 Å². The fourth-order valence-corrected chi connectivity index (χ4v) is 3.19. The molecule has 3 heteroatoms. The summed E-state index contributed by atoms with van der Waals surface area (Å²) in [5, 5.41) is 2.09. The van der Waals surface area contributed by atoms with Gasteiger partial charge in [-0.1, -0.05) is 39.7 Å². The van der Waals surface area contributed by atoms with Gasteiger partial charge in [0.05, 0.1) is 11.9 Å². The molecular weight excluding hydrogens is 284 g/mol. The van der Waals surface area contributed by atoms with Crippen LogP contribution >= 0.6 is 27.3 Å². The average Bonchev–Trinajstić information content (AvgIpc) is 2.81. The van der Waals surface area contributed by atoms with E-state index in [2.05, 4.69) is 52.5 Å². The maximum Gasteiger partial charge on any atom is 0.123 e. The summed E-state index contributed by atoms with van der Waals surface area (Å²) in [4.78, 5) is 1.51. The van der Waals surface area contributed by atoms with Gasteiger partial charge in [-0.25, -0.2) is 0 Å². The maximum absolute atomic E-state index is 5.39. The van der Waals surface area contributed by atoms with Crippen molar-refractivity contribution in [1.29, 1.82) is 0 Å². The number of methoxy groups -OCH3 is 1. The lowest BCUT2D eigenvalue weighted by Crippen LogP contribution is -1.96. The van der Waals surface area contributed by atoms with Gasteiger partial charge in [0, 0.05) is 10.4 Å². The van der Waals surface area contributed by atoms with Crippen LogP contribution in [0.1, 0.15) is 20.8 Å². The van der Waals surface area contributed by atoms with Crippen molar-refractivity contribution in [3.8, 4) is 5.75 Å². The summed E-state index contributed by atoms with van der Waals surface area (Å²) in [7, 11) is 1.71. The van der Waals surface area contributed by atoms with Gasteiger partial charge < -0.3 is 4.74 Å². The monoisotopic (exact) mass is 296 g/mol. The van der Waals surface area contributed by atoms with Crippen molar-refractivity contribution in [2.75, 3.05) is 7.11 Å². The van der Waals surface area contributed by atoms with Crippen LogP contribution in [0.4, 0.5) is 0 Å². The Morgan fingerprint density at radius 1 is 1.31 bits per heavy atom. The summed E-state index contributed by atoms with van der Waals surface area (Å²) >= 11 is 5.48. The molecule has 0 aliphatic heterocycles. The number of ether oxygens (including phenoxy) is 1. The van der Waals surface area contributed by atoms with Gasteiger partial charge in [0.2, 0.25) is 0 Å². The molecule has 0 fully saturated rings. The zero-order valence-corrected chi connectivity index (χ0v) is 11.6. The summed E-state index contributed by atoms with van der Waals surface area (Å²) < 4.78 is 5.39. The van der Waals surface area contributed by atoms with E-state index in [4.69, 9.17) is 4.74 Å². The molecule has 1 unspecified atom stereocenters. The molecule has 0 bridgehead atoms. The molecule has 0 spiro atoms. The summed E-state index contributed by atoms with van der Waals surface area (Å²) in [6.07, 6.45) is 0. The first-order valence-electron chi connectivity index (χ1n) is 5.04. The number of thiophene rings is 1. The lowest BCUT2D eigenvalue weighted by molar-refractivity contribution is 0.410. The Morgan fingerprint density at radius 3 is 2.75 bits per heavy atom.